The van der Waals surface area contributed by atoms with Gasteiger partial charge >= 0.3 is 12.1 Å². The molecule has 0 fully saturated rings. The smallest absolute Gasteiger partial charge is 0.416 e. The summed E-state index contributed by atoms with van der Waals surface area (Å²) in [6.45, 7) is 2.04. The van der Waals surface area contributed by atoms with E-state index < -0.39 is 23.8 Å². The van der Waals surface area contributed by atoms with Gasteiger partial charge in [-0.05, 0) is 55.2 Å². The zero-order valence-corrected chi connectivity index (χ0v) is 15.7. The highest BCUT2D eigenvalue weighted by atomic mass is 19.4. The van der Waals surface area contributed by atoms with Crippen molar-refractivity contribution in [1.82, 2.24) is 5.16 Å². The van der Waals surface area contributed by atoms with Crippen LogP contribution in [0.5, 0.6) is 0 Å². The summed E-state index contributed by atoms with van der Waals surface area (Å²) < 4.78 is 48.5. The van der Waals surface area contributed by atoms with Gasteiger partial charge in [0.2, 0.25) is 0 Å². The van der Waals surface area contributed by atoms with Crippen LogP contribution in [-0.2, 0) is 35.0 Å². The molecule has 3 rings (SSSR count). The summed E-state index contributed by atoms with van der Waals surface area (Å²) in [5.41, 5.74) is 2.08. The fourth-order valence-electron chi connectivity index (χ4n) is 3.10. The van der Waals surface area contributed by atoms with E-state index >= 15 is 0 Å². The van der Waals surface area contributed by atoms with Crippen molar-refractivity contribution >= 4 is 16.9 Å². The van der Waals surface area contributed by atoms with Gasteiger partial charge in [0.15, 0.2) is 11.7 Å². The monoisotopic (exact) mass is 407 g/mol. The Hall–Kier alpha value is -2.87. The Balaban J connectivity index is 1.69. The normalized spacial score (nSPS) is 13.0. The second kappa shape index (κ2) is 8.65. The van der Waals surface area contributed by atoms with Crippen molar-refractivity contribution in [2.45, 2.75) is 38.5 Å². The van der Waals surface area contributed by atoms with Crippen molar-refractivity contribution < 1.29 is 32.3 Å². The molecule has 154 valence electrons. The maximum Gasteiger partial charge on any atom is 0.416 e. The zero-order chi connectivity index (χ0) is 21.0. The molecule has 1 unspecified atom stereocenters. The van der Waals surface area contributed by atoms with Crippen LogP contribution in [0.15, 0.2) is 47.0 Å². The lowest BCUT2D eigenvalue weighted by molar-refractivity contribution is -0.150. The number of fused-ring (bicyclic) bond motifs is 1. The van der Waals surface area contributed by atoms with Gasteiger partial charge in [-0.25, -0.2) is 4.79 Å². The topological polar surface area (TPSA) is 72.6 Å². The third-order valence-corrected chi connectivity index (χ3v) is 4.61. The lowest BCUT2D eigenvalue weighted by atomic mass is 10.0. The van der Waals surface area contributed by atoms with Gasteiger partial charge in [-0.3, -0.25) is 0 Å². The maximum atomic E-state index is 12.6. The Kier molecular flexibility index (Phi) is 6.22. The molecule has 3 aromatic rings. The molecule has 1 heterocycles. The first-order valence-electron chi connectivity index (χ1n) is 9.15. The van der Waals surface area contributed by atoms with Gasteiger partial charge < -0.3 is 14.4 Å². The number of carboxylic acids is 1. The number of aryl methyl sites for hydroxylation is 2. The largest absolute Gasteiger partial charge is 0.479 e. The predicted octanol–water partition coefficient (Wildman–Crippen LogP) is 4.66. The fraction of sp³-hybridized carbons (Fsp3) is 0.333. The lowest BCUT2D eigenvalue weighted by Gasteiger charge is -2.12. The highest BCUT2D eigenvalue weighted by Crippen LogP contribution is 2.29. The van der Waals surface area contributed by atoms with Crippen molar-refractivity contribution in [3.63, 3.8) is 0 Å². The number of aliphatic carboxylic acids is 1. The molecule has 0 bridgehead atoms. The van der Waals surface area contributed by atoms with Gasteiger partial charge in [0, 0.05) is 18.4 Å². The quantitative estimate of drug-likeness (QED) is 0.588. The molecule has 1 aromatic heterocycles. The second-order valence-corrected chi connectivity index (χ2v) is 6.64. The molecule has 2 aromatic carbocycles. The SMILES string of the molecule is CCOC(Cc1ccc2c(CCc3ccc(C(F)(F)F)cc3)noc2c1)C(=O)O. The van der Waals surface area contributed by atoms with E-state index in [0.717, 1.165) is 28.6 Å². The minimum atomic E-state index is -4.35. The van der Waals surface area contributed by atoms with E-state index in [9.17, 15) is 23.1 Å². The minimum Gasteiger partial charge on any atom is -0.479 e. The Labute approximate surface area is 165 Å². The Morgan fingerprint density at radius 2 is 1.83 bits per heavy atom. The first kappa shape index (κ1) is 20.9. The Morgan fingerprint density at radius 3 is 2.45 bits per heavy atom. The highest BCUT2D eigenvalue weighted by Gasteiger charge is 2.29. The van der Waals surface area contributed by atoms with Gasteiger partial charge in [0.05, 0.1) is 11.3 Å². The molecule has 5 nitrogen and oxygen atoms in total. The average molecular weight is 407 g/mol. The number of ether oxygens (including phenoxy) is 1. The van der Waals surface area contributed by atoms with Crippen molar-refractivity contribution in [3.05, 3.63) is 64.8 Å². The molecule has 1 atom stereocenters. The van der Waals surface area contributed by atoms with Crippen LogP contribution >= 0.6 is 0 Å². The molecule has 8 heteroatoms. The predicted molar refractivity (Wildman–Crippen MR) is 99.6 cm³/mol. The molecule has 29 heavy (non-hydrogen) atoms. The molecular formula is C21H20F3NO4. The molecular weight excluding hydrogens is 387 g/mol. The Morgan fingerprint density at radius 1 is 1.14 bits per heavy atom. The summed E-state index contributed by atoms with van der Waals surface area (Å²) in [6.07, 6.45) is -4.04. The van der Waals surface area contributed by atoms with E-state index in [-0.39, 0.29) is 6.42 Å². The van der Waals surface area contributed by atoms with E-state index in [1.807, 2.05) is 6.07 Å². The number of hydrogen-bond acceptors (Lipinski definition) is 4. The third kappa shape index (κ3) is 5.14. The van der Waals surface area contributed by atoms with Crippen LogP contribution in [0.25, 0.3) is 11.0 Å². The van der Waals surface area contributed by atoms with Gasteiger partial charge in [0.1, 0.15) is 0 Å². The van der Waals surface area contributed by atoms with E-state index in [1.54, 1.807) is 19.1 Å². The van der Waals surface area contributed by atoms with Crippen LogP contribution < -0.4 is 0 Å². The zero-order valence-electron chi connectivity index (χ0n) is 15.7. The number of benzene rings is 2. The lowest BCUT2D eigenvalue weighted by Crippen LogP contribution is -2.26. The van der Waals surface area contributed by atoms with E-state index in [2.05, 4.69) is 5.16 Å². The summed E-state index contributed by atoms with van der Waals surface area (Å²) >= 11 is 0. The number of alkyl halides is 3. The van der Waals surface area contributed by atoms with Crippen LogP contribution in [-0.4, -0.2) is 28.9 Å². The molecule has 0 spiro atoms. The second-order valence-electron chi connectivity index (χ2n) is 6.64. The van der Waals surface area contributed by atoms with Crippen molar-refractivity contribution in [3.8, 4) is 0 Å². The highest BCUT2D eigenvalue weighted by molar-refractivity contribution is 5.80. The van der Waals surface area contributed by atoms with Crippen LogP contribution in [0.4, 0.5) is 13.2 Å². The van der Waals surface area contributed by atoms with Crippen LogP contribution in [0.2, 0.25) is 0 Å². The van der Waals surface area contributed by atoms with Crippen molar-refractivity contribution in [2.24, 2.45) is 0 Å². The number of hydrogen-bond donors (Lipinski definition) is 1. The maximum absolute atomic E-state index is 12.6. The molecule has 0 aliphatic heterocycles. The molecule has 0 saturated carbocycles. The summed E-state index contributed by atoms with van der Waals surface area (Å²) in [7, 11) is 0. The summed E-state index contributed by atoms with van der Waals surface area (Å²) in [6, 6.07) is 10.4. The number of carbonyl (C=O) groups is 1. The fourth-order valence-corrected chi connectivity index (χ4v) is 3.10. The standard InChI is InChI=1S/C21H20F3NO4/c1-2-28-19(20(26)27)12-14-5-9-16-17(25-29-18(16)11-14)10-6-13-3-7-15(8-4-13)21(22,23)24/h3-5,7-9,11,19H,2,6,10,12H2,1H3,(H,26,27). The molecule has 0 radical (unpaired) electrons. The van der Waals surface area contributed by atoms with E-state index in [4.69, 9.17) is 9.26 Å². The number of carboxylic acid groups (broad SMARTS) is 1. The van der Waals surface area contributed by atoms with E-state index in [1.165, 1.54) is 12.1 Å². The third-order valence-electron chi connectivity index (χ3n) is 4.61. The number of aromatic nitrogens is 1. The first-order chi connectivity index (χ1) is 13.8. The minimum absolute atomic E-state index is 0.209. The number of rotatable bonds is 8. The Bertz CT molecular complexity index is 980. The number of halogens is 3. The molecule has 0 aliphatic carbocycles. The summed E-state index contributed by atoms with van der Waals surface area (Å²) in [5.74, 6) is -1.03. The number of nitrogens with zero attached hydrogens (tertiary/aromatic N) is 1. The molecule has 0 amide bonds. The van der Waals surface area contributed by atoms with Crippen molar-refractivity contribution in [1.29, 1.82) is 0 Å². The average Bonchev–Trinajstić information content (AvgIpc) is 3.08. The molecule has 0 aliphatic rings. The van der Waals surface area contributed by atoms with Crippen LogP contribution in [0.3, 0.4) is 0 Å². The first-order valence-corrected chi connectivity index (χ1v) is 9.15. The van der Waals surface area contributed by atoms with Crippen LogP contribution in [0.1, 0.15) is 29.3 Å². The summed E-state index contributed by atoms with van der Waals surface area (Å²) in [4.78, 5) is 11.2. The van der Waals surface area contributed by atoms with Gasteiger partial charge in [0.25, 0.3) is 0 Å². The van der Waals surface area contributed by atoms with Gasteiger partial charge in [-0.15, -0.1) is 0 Å². The van der Waals surface area contributed by atoms with Gasteiger partial charge in [-0.1, -0.05) is 23.4 Å². The van der Waals surface area contributed by atoms with Gasteiger partial charge in [-0.2, -0.15) is 13.2 Å². The molecule has 1 N–H and O–H groups in total. The summed E-state index contributed by atoms with van der Waals surface area (Å²) in [5, 5.41) is 14.1. The van der Waals surface area contributed by atoms with Crippen LogP contribution in [0, 0.1) is 0 Å². The van der Waals surface area contributed by atoms with E-state index in [0.29, 0.717) is 30.7 Å². The molecule has 0 saturated heterocycles. The van der Waals surface area contributed by atoms with Crippen molar-refractivity contribution in [2.75, 3.05) is 6.61 Å².